The summed E-state index contributed by atoms with van der Waals surface area (Å²) in [6.45, 7) is 7.11. The van der Waals surface area contributed by atoms with E-state index in [4.69, 9.17) is 0 Å². The van der Waals surface area contributed by atoms with Crippen molar-refractivity contribution >= 4 is 32.7 Å². The third kappa shape index (κ3) is 4.92. The number of halogens is 3. The van der Waals surface area contributed by atoms with E-state index in [-0.39, 0.29) is 17.3 Å². The number of nitrogens with zero attached hydrogens (tertiary/aromatic N) is 1. The smallest absolute Gasteiger partial charge is 0.375 e. The Bertz CT molecular complexity index is 1610. The first-order valence-corrected chi connectivity index (χ1v) is 12.2. The molecule has 1 heterocycles. The van der Waals surface area contributed by atoms with Crippen molar-refractivity contribution in [1.82, 2.24) is 9.97 Å². The van der Waals surface area contributed by atoms with E-state index in [2.05, 4.69) is 19.5 Å². The van der Waals surface area contributed by atoms with Crippen molar-refractivity contribution in [1.29, 1.82) is 0 Å². The SMILES string of the molecule is Cc1cc(C)c(-c2nc3ccc(C(=O)Nc4ccc(C)c(C)c4)cc3[nH]2)c(OS(=O)(=O)C(F)(F)F)c1. The number of benzene rings is 3. The number of carbonyl (C=O) groups is 1. The maximum Gasteiger partial charge on any atom is 0.534 e. The van der Waals surface area contributed by atoms with Crippen molar-refractivity contribution in [2.75, 3.05) is 5.32 Å². The number of aromatic amines is 1. The Labute approximate surface area is 205 Å². The Kier molecular flexibility index (Phi) is 6.29. The summed E-state index contributed by atoms with van der Waals surface area (Å²) < 4.78 is 66.7. The lowest BCUT2D eigenvalue weighted by Crippen LogP contribution is -2.28. The molecule has 0 unspecified atom stereocenters. The highest BCUT2D eigenvalue weighted by Gasteiger charge is 2.49. The molecule has 0 spiro atoms. The predicted molar refractivity (Wildman–Crippen MR) is 130 cm³/mol. The van der Waals surface area contributed by atoms with Gasteiger partial charge in [-0.1, -0.05) is 12.1 Å². The molecule has 11 heteroatoms. The van der Waals surface area contributed by atoms with Crippen LogP contribution in [0.25, 0.3) is 22.4 Å². The number of amides is 1. The zero-order chi connectivity index (χ0) is 26.4. The Morgan fingerprint density at radius 3 is 2.33 bits per heavy atom. The van der Waals surface area contributed by atoms with Gasteiger partial charge in [-0.3, -0.25) is 4.79 Å². The molecule has 0 aliphatic heterocycles. The third-order valence-corrected chi connectivity index (χ3v) is 6.64. The van der Waals surface area contributed by atoms with Crippen molar-refractivity contribution in [3.8, 4) is 17.1 Å². The molecule has 0 bridgehead atoms. The highest BCUT2D eigenvalue weighted by atomic mass is 32.2. The number of fused-ring (bicyclic) bond motifs is 1. The van der Waals surface area contributed by atoms with Gasteiger partial charge in [-0.05, 0) is 86.3 Å². The van der Waals surface area contributed by atoms with Gasteiger partial charge in [0.05, 0.1) is 16.6 Å². The van der Waals surface area contributed by atoms with Gasteiger partial charge in [-0.2, -0.15) is 21.6 Å². The van der Waals surface area contributed by atoms with E-state index in [1.54, 1.807) is 44.2 Å². The number of alkyl halides is 3. The van der Waals surface area contributed by atoms with Crippen LogP contribution in [0.2, 0.25) is 0 Å². The van der Waals surface area contributed by atoms with E-state index in [0.29, 0.717) is 33.4 Å². The van der Waals surface area contributed by atoms with Crippen molar-refractivity contribution in [3.63, 3.8) is 0 Å². The van der Waals surface area contributed by atoms with Crippen LogP contribution >= 0.6 is 0 Å². The first kappa shape index (κ1) is 25.2. The molecule has 3 aromatic carbocycles. The maximum absolute atomic E-state index is 13.0. The second kappa shape index (κ2) is 8.98. The Morgan fingerprint density at radius 1 is 0.944 bits per heavy atom. The standard InChI is InChI=1S/C25H22F3N3O4S/c1-13-9-16(4)22(21(10-13)35-36(33,34)25(26,27)28)23-30-19-8-6-17(12-20(19)31-23)24(32)29-18-7-5-14(2)15(3)11-18/h5-12H,1-4H3,(H,29,32)(H,30,31). The summed E-state index contributed by atoms with van der Waals surface area (Å²) in [5, 5.41) is 2.83. The largest absolute Gasteiger partial charge is 0.534 e. The van der Waals surface area contributed by atoms with Gasteiger partial charge in [-0.15, -0.1) is 0 Å². The molecule has 188 valence electrons. The molecule has 0 atom stereocenters. The lowest BCUT2D eigenvalue weighted by Gasteiger charge is -2.14. The molecule has 0 radical (unpaired) electrons. The third-order valence-electron chi connectivity index (χ3n) is 5.67. The van der Waals surface area contributed by atoms with E-state index < -0.39 is 21.4 Å². The van der Waals surface area contributed by atoms with Gasteiger partial charge in [0.15, 0.2) is 5.75 Å². The molecule has 4 rings (SSSR count). The second-order valence-electron chi connectivity index (χ2n) is 8.51. The number of imidazole rings is 1. The van der Waals surface area contributed by atoms with Crippen LogP contribution in [0.4, 0.5) is 18.9 Å². The summed E-state index contributed by atoms with van der Waals surface area (Å²) in [5.41, 5.74) is -0.625. The molecule has 0 fully saturated rings. The zero-order valence-corrected chi connectivity index (χ0v) is 20.6. The number of carbonyl (C=O) groups excluding carboxylic acids is 1. The Morgan fingerprint density at radius 2 is 1.67 bits per heavy atom. The molecule has 1 amide bonds. The van der Waals surface area contributed by atoms with E-state index in [9.17, 15) is 26.4 Å². The minimum Gasteiger partial charge on any atom is -0.375 e. The summed E-state index contributed by atoms with van der Waals surface area (Å²) in [4.78, 5) is 20.1. The fraction of sp³-hybridized carbons (Fsp3) is 0.200. The molecule has 7 nitrogen and oxygen atoms in total. The molecular weight excluding hydrogens is 495 g/mol. The lowest BCUT2D eigenvalue weighted by molar-refractivity contribution is -0.0499. The van der Waals surface area contributed by atoms with Crippen LogP contribution in [0.15, 0.2) is 48.5 Å². The van der Waals surface area contributed by atoms with Gasteiger partial charge in [0.1, 0.15) is 5.82 Å². The van der Waals surface area contributed by atoms with Gasteiger partial charge < -0.3 is 14.5 Å². The van der Waals surface area contributed by atoms with E-state index in [1.165, 1.54) is 6.07 Å². The topological polar surface area (TPSA) is 101 Å². The van der Waals surface area contributed by atoms with Crippen LogP contribution in [0.5, 0.6) is 5.75 Å². The van der Waals surface area contributed by atoms with Crippen molar-refractivity contribution in [2.24, 2.45) is 0 Å². The Balaban J connectivity index is 1.71. The zero-order valence-electron chi connectivity index (χ0n) is 19.7. The molecule has 0 saturated carbocycles. The molecular formula is C25H22F3N3O4S. The molecule has 0 aliphatic carbocycles. The van der Waals surface area contributed by atoms with Crippen LogP contribution in [-0.2, 0) is 10.1 Å². The lowest BCUT2D eigenvalue weighted by atomic mass is 10.0. The molecule has 1 aromatic heterocycles. The molecule has 2 N–H and O–H groups in total. The molecule has 0 saturated heterocycles. The number of H-pyrrole nitrogens is 1. The summed E-state index contributed by atoms with van der Waals surface area (Å²) >= 11 is 0. The first-order valence-electron chi connectivity index (χ1n) is 10.8. The number of hydrogen-bond acceptors (Lipinski definition) is 5. The number of anilines is 1. The van der Waals surface area contributed by atoms with Crippen LogP contribution in [0.1, 0.15) is 32.6 Å². The van der Waals surface area contributed by atoms with Gasteiger partial charge in [0.25, 0.3) is 5.91 Å². The average Bonchev–Trinajstić information content (AvgIpc) is 3.17. The first-order chi connectivity index (χ1) is 16.7. The van der Waals surface area contributed by atoms with Gasteiger partial charge >= 0.3 is 15.6 Å². The number of aryl methyl sites for hydroxylation is 4. The van der Waals surface area contributed by atoms with Gasteiger partial charge in [-0.25, -0.2) is 4.98 Å². The highest BCUT2D eigenvalue weighted by molar-refractivity contribution is 7.88. The van der Waals surface area contributed by atoms with E-state index in [1.807, 2.05) is 26.0 Å². The van der Waals surface area contributed by atoms with Crippen LogP contribution in [0, 0.1) is 27.7 Å². The van der Waals surface area contributed by atoms with Crippen molar-refractivity contribution in [2.45, 2.75) is 33.2 Å². The monoisotopic (exact) mass is 517 g/mol. The predicted octanol–water partition coefficient (Wildman–Crippen LogP) is 5.94. The minimum atomic E-state index is -5.89. The van der Waals surface area contributed by atoms with E-state index >= 15 is 0 Å². The summed E-state index contributed by atoms with van der Waals surface area (Å²) in [5.74, 6) is -0.763. The molecule has 0 aliphatic rings. The number of nitrogens with one attached hydrogen (secondary N) is 2. The minimum absolute atomic E-state index is 0.0609. The van der Waals surface area contributed by atoms with Crippen molar-refractivity contribution in [3.05, 3.63) is 76.3 Å². The van der Waals surface area contributed by atoms with E-state index in [0.717, 1.165) is 11.1 Å². The fourth-order valence-corrected chi connectivity index (χ4v) is 4.22. The van der Waals surface area contributed by atoms with Gasteiger partial charge in [0.2, 0.25) is 0 Å². The van der Waals surface area contributed by atoms with Crippen LogP contribution in [0.3, 0.4) is 0 Å². The highest BCUT2D eigenvalue weighted by Crippen LogP contribution is 2.37. The maximum atomic E-state index is 13.0. The molecule has 4 aromatic rings. The Hall–Kier alpha value is -3.86. The average molecular weight is 518 g/mol. The summed E-state index contributed by atoms with van der Waals surface area (Å²) in [6.07, 6.45) is 0. The summed E-state index contributed by atoms with van der Waals surface area (Å²) in [6, 6.07) is 13.1. The number of rotatable bonds is 5. The number of hydrogen-bond donors (Lipinski definition) is 2. The quantitative estimate of drug-likeness (QED) is 0.252. The van der Waals surface area contributed by atoms with Crippen molar-refractivity contribution < 1.29 is 30.6 Å². The van der Waals surface area contributed by atoms with Gasteiger partial charge in [0, 0.05) is 11.3 Å². The summed E-state index contributed by atoms with van der Waals surface area (Å²) in [7, 11) is -5.89. The van der Waals surface area contributed by atoms with Crippen LogP contribution < -0.4 is 9.50 Å². The fourth-order valence-electron chi connectivity index (χ4n) is 3.75. The molecule has 36 heavy (non-hydrogen) atoms. The second-order valence-corrected chi connectivity index (χ2v) is 10.0. The number of aromatic nitrogens is 2. The normalized spacial score (nSPS) is 12.1. The van der Waals surface area contributed by atoms with Crippen LogP contribution in [-0.4, -0.2) is 29.8 Å².